The summed E-state index contributed by atoms with van der Waals surface area (Å²) in [5, 5.41) is 0. The van der Waals surface area contributed by atoms with Crippen molar-refractivity contribution in [1.29, 1.82) is 0 Å². The topological polar surface area (TPSA) is 12.4 Å². The van der Waals surface area contributed by atoms with E-state index in [2.05, 4.69) is 45.3 Å². The van der Waals surface area contributed by atoms with Crippen LogP contribution in [0.5, 0.6) is 0 Å². The zero-order valence-electron chi connectivity index (χ0n) is 10.2. The van der Waals surface area contributed by atoms with Gasteiger partial charge in [-0.1, -0.05) is 32.9 Å². The molecule has 0 aromatic carbocycles. The fourth-order valence-corrected chi connectivity index (χ4v) is 1.79. The van der Waals surface area contributed by atoms with E-state index in [1.807, 2.05) is 6.92 Å². The molecule has 0 bridgehead atoms. The minimum atomic E-state index is 0.605. The molecule has 0 aliphatic rings. The Hall–Kier alpha value is -0.850. The second-order valence-electron chi connectivity index (χ2n) is 3.87. The molecule has 0 aromatic heterocycles. The highest BCUT2D eigenvalue weighted by Crippen LogP contribution is 2.18. The van der Waals surface area contributed by atoms with Gasteiger partial charge in [0, 0.05) is 11.4 Å². The van der Waals surface area contributed by atoms with Crippen LogP contribution in [0.25, 0.3) is 0 Å². The third-order valence-corrected chi connectivity index (χ3v) is 2.34. The van der Waals surface area contributed by atoms with Crippen LogP contribution in [0.1, 0.15) is 47.5 Å². The maximum atomic E-state index is 4.41. The minimum Gasteiger partial charge on any atom is -0.259 e. The van der Waals surface area contributed by atoms with Gasteiger partial charge in [-0.2, -0.15) is 0 Å². The molecule has 0 N–H and O–H groups in total. The van der Waals surface area contributed by atoms with Crippen molar-refractivity contribution in [3.8, 4) is 0 Å². The first kappa shape index (κ1) is 13.2. The predicted molar refractivity (Wildman–Crippen MR) is 65.8 cm³/mol. The number of aliphatic imine (C=N–C) groups is 1. The van der Waals surface area contributed by atoms with E-state index in [1.54, 1.807) is 0 Å². The molecular weight excluding hydrogens is 170 g/mol. The van der Waals surface area contributed by atoms with E-state index in [-0.39, 0.29) is 0 Å². The Morgan fingerprint density at radius 1 is 1.43 bits per heavy atom. The normalized spacial score (nSPS) is 15.5. The lowest BCUT2D eigenvalue weighted by atomic mass is 9.93. The molecule has 0 radical (unpaired) electrons. The van der Waals surface area contributed by atoms with Gasteiger partial charge in [-0.25, -0.2) is 0 Å². The molecule has 0 heterocycles. The lowest BCUT2D eigenvalue weighted by molar-refractivity contribution is 0.617. The van der Waals surface area contributed by atoms with Crippen LogP contribution in [0.4, 0.5) is 0 Å². The zero-order valence-corrected chi connectivity index (χ0v) is 10.2. The lowest BCUT2D eigenvalue weighted by Gasteiger charge is -2.14. The fraction of sp³-hybridized carbons (Fsp3) is 0.615. The van der Waals surface area contributed by atoms with E-state index in [0.717, 1.165) is 11.4 Å². The number of allylic oxidation sites excluding steroid dienone is 3. The molecule has 0 aliphatic carbocycles. The van der Waals surface area contributed by atoms with Crippen molar-refractivity contribution in [3.05, 3.63) is 23.9 Å². The Morgan fingerprint density at radius 3 is 2.36 bits per heavy atom. The maximum absolute atomic E-state index is 4.41. The first-order valence-corrected chi connectivity index (χ1v) is 5.40. The van der Waals surface area contributed by atoms with Gasteiger partial charge in [0.25, 0.3) is 0 Å². The van der Waals surface area contributed by atoms with Gasteiger partial charge < -0.3 is 0 Å². The molecule has 0 rings (SSSR count). The summed E-state index contributed by atoms with van der Waals surface area (Å²) in [4.78, 5) is 4.41. The van der Waals surface area contributed by atoms with Crippen LogP contribution in [-0.2, 0) is 0 Å². The average Bonchev–Trinajstić information content (AvgIpc) is 2.04. The van der Waals surface area contributed by atoms with Crippen molar-refractivity contribution >= 4 is 5.71 Å². The Morgan fingerprint density at radius 2 is 2.00 bits per heavy atom. The van der Waals surface area contributed by atoms with E-state index in [1.165, 1.54) is 18.4 Å². The van der Waals surface area contributed by atoms with Gasteiger partial charge in [0.05, 0.1) is 0 Å². The molecule has 1 nitrogen and oxygen atoms in total. The van der Waals surface area contributed by atoms with Gasteiger partial charge in [-0.15, -0.1) is 0 Å². The molecule has 1 atom stereocenters. The standard InChI is InChI=1S/C13H23N/c1-7-9-11(5)13(8-2)12(6)14-10(3)4/h8,11H,3,7,9H2,1-2,4-6H3/b13-8-,14-12?. The van der Waals surface area contributed by atoms with Crippen LogP contribution in [0.3, 0.4) is 0 Å². The summed E-state index contributed by atoms with van der Waals surface area (Å²) in [6, 6.07) is 0. The number of nitrogens with zero attached hydrogens (tertiary/aromatic N) is 1. The SMILES string of the molecule is C=C(C)N=C(C)/C(=C\C)C(C)CCC. The summed E-state index contributed by atoms with van der Waals surface area (Å²) >= 11 is 0. The molecule has 0 amide bonds. The number of hydrogen-bond donors (Lipinski definition) is 0. The van der Waals surface area contributed by atoms with E-state index >= 15 is 0 Å². The summed E-state index contributed by atoms with van der Waals surface area (Å²) in [7, 11) is 0. The summed E-state index contributed by atoms with van der Waals surface area (Å²) in [6.07, 6.45) is 4.61. The second kappa shape index (κ2) is 6.58. The molecule has 80 valence electrons. The highest BCUT2D eigenvalue weighted by Gasteiger charge is 2.09. The quantitative estimate of drug-likeness (QED) is 0.575. The van der Waals surface area contributed by atoms with Crippen molar-refractivity contribution < 1.29 is 0 Å². The second-order valence-corrected chi connectivity index (χ2v) is 3.87. The Kier molecular flexibility index (Phi) is 6.18. The number of hydrogen-bond acceptors (Lipinski definition) is 1. The van der Waals surface area contributed by atoms with E-state index in [0.29, 0.717) is 5.92 Å². The highest BCUT2D eigenvalue weighted by atomic mass is 14.7. The van der Waals surface area contributed by atoms with Crippen LogP contribution in [0, 0.1) is 5.92 Å². The van der Waals surface area contributed by atoms with Gasteiger partial charge in [0.1, 0.15) is 0 Å². The molecule has 14 heavy (non-hydrogen) atoms. The molecule has 1 heteroatoms. The van der Waals surface area contributed by atoms with Crippen LogP contribution < -0.4 is 0 Å². The van der Waals surface area contributed by atoms with Crippen molar-refractivity contribution in [2.45, 2.75) is 47.5 Å². The summed E-state index contributed by atoms with van der Waals surface area (Å²) in [5.74, 6) is 0.605. The molecule has 1 unspecified atom stereocenters. The van der Waals surface area contributed by atoms with Crippen molar-refractivity contribution in [2.75, 3.05) is 0 Å². The molecule has 0 saturated carbocycles. The lowest BCUT2D eigenvalue weighted by Crippen LogP contribution is -2.07. The van der Waals surface area contributed by atoms with Gasteiger partial charge >= 0.3 is 0 Å². The van der Waals surface area contributed by atoms with Crippen LogP contribution in [0.15, 0.2) is 28.9 Å². The van der Waals surface area contributed by atoms with E-state index in [4.69, 9.17) is 0 Å². The predicted octanol–water partition coefficient (Wildman–Crippen LogP) is 4.36. The summed E-state index contributed by atoms with van der Waals surface area (Å²) in [5.41, 5.74) is 3.35. The first-order chi connectivity index (χ1) is 6.52. The third-order valence-electron chi connectivity index (χ3n) is 2.34. The molecule has 0 aliphatic heterocycles. The molecule has 0 aromatic rings. The average molecular weight is 193 g/mol. The van der Waals surface area contributed by atoms with Crippen molar-refractivity contribution in [2.24, 2.45) is 10.9 Å². The minimum absolute atomic E-state index is 0.605. The molecule has 0 saturated heterocycles. The van der Waals surface area contributed by atoms with Crippen molar-refractivity contribution in [3.63, 3.8) is 0 Å². The molecule has 0 fully saturated rings. The highest BCUT2D eigenvalue weighted by molar-refractivity contribution is 5.99. The Balaban J connectivity index is 4.66. The zero-order chi connectivity index (χ0) is 11.1. The third kappa shape index (κ3) is 4.40. The Bertz CT molecular complexity index is 246. The first-order valence-electron chi connectivity index (χ1n) is 5.40. The van der Waals surface area contributed by atoms with Crippen LogP contribution in [0.2, 0.25) is 0 Å². The summed E-state index contributed by atoms with van der Waals surface area (Å²) < 4.78 is 0. The van der Waals surface area contributed by atoms with Crippen LogP contribution in [-0.4, -0.2) is 5.71 Å². The van der Waals surface area contributed by atoms with Crippen molar-refractivity contribution in [1.82, 2.24) is 0 Å². The smallest absolute Gasteiger partial charge is 0.0406 e. The molecular formula is C13H23N. The van der Waals surface area contributed by atoms with Gasteiger partial charge in [0.15, 0.2) is 0 Å². The molecule has 0 spiro atoms. The van der Waals surface area contributed by atoms with Gasteiger partial charge in [-0.05, 0) is 38.7 Å². The van der Waals surface area contributed by atoms with Crippen LogP contribution >= 0.6 is 0 Å². The summed E-state index contributed by atoms with van der Waals surface area (Å²) in [6.45, 7) is 14.4. The van der Waals surface area contributed by atoms with E-state index < -0.39 is 0 Å². The maximum Gasteiger partial charge on any atom is 0.0406 e. The van der Waals surface area contributed by atoms with Gasteiger partial charge in [0.2, 0.25) is 0 Å². The number of rotatable bonds is 5. The fourth-order valence-electron chi connectivity index (χ4n) is 1.79. The van der Waals surface area contributed by atoms with Gasteiger partial charge in [-0.3, -0.25) is 4.99 Å². The monoisotopic (exact) mass is 193 g/mol. The van der Waals surface area contributed by atoms with E-state index in [9.17, 15) is 0 Å². The largest absolute Gasteiger partial charge is 0.259 e. The Labute approximate surface area is 88.6 Å².